The summed E-state index contributed by atoms with van der Waals surface area (Å²) in [5.41, 5.74) is 2.53. The fraction of sp³-hybridized carbons (Fsp3) is 0.350. The van der Waals surface area contributed by atoms with Gasteiger partial charge in [0.15, 0.2) is 0 Å². The van der Waals surface area contributed by atoms with Gasteiger partial charge in [-0.3, -0.25) is 4.79 Å². The quantitative estimate of drug-likeness (QED) is 0.842. The first kappa shape index (κ1) is 20.1. The number of amides is 1. The van der Waals surface area contributed by atoms with Gasteiger partial charge in [0, 0.05) is 13.6 Å². The van der Waals surface area contributed by atoms with Crippen molar-refractivity contribution < 1.29 is 14.3 Å². The standard InChI is InChI=1S/C20H24N2O3.ClH/c1-22(11-12-25-18-9-7-17(24-2)8-10-18)20(23)19-13-15-5-3-4-6-16(15)14-21-19;/h3-10,19,21H,11-14H2,1-2H3;1H. The minimum atomic E-state index is -0.166. The predicted octanol–water partition coefficient (Wildman–Crippen LogP) is 2.67. The number of likely N-dealkylation sites (N-methyl/N-ethyl adjacent to an activating group) is 1. The van der Waals surface area contributed by atoms with Crippen LogP contribution in [-0.2, 0) is 17.8 Å². The van der Waals surface area contributed by atoms with E-state index in [1.54, 1.807) is 12.0 Å². The molecule has 0 saturated heterocycles. The van der Waals surface area contributed by atoms with Gasteiger partial charge in [-0.1, -0.05) is 24.3 Å². The number of carbonyl (C=O) groups is 1. The van der Waals surface area contributed by atoms with Crippen molar-refractivity contribution in [2.24, 2.45) is 0 Å². The maximum atomic E-state index is 12.6. The molecule has 0 fully saturated rings. The molecule has 1 unspecified atom stereocenters. The first-order valence-electron chi connectivity index (χ1n) is 8.49. The number of carbonyl (C=O) groups excluding carboxylic acids is 1. The van der Waals surface area contributed by atoms with Crippen molar-refractivity contribution in [2.75, 3.05) is 27.3 Å². The van der Waals surface area contributed by atoms with Crippen LogP contribution < -0.4 is 14.8 Å². The third-order valence-corrected chi connectivity index (χ3v) is 4.51. The molecule has 3 rings (SSSR count). The smallest absolute Gasteiger partial charge is 0.239 e. The highest BCUT2D eigenvalue weighted by molar-refractivity contribution is 5.85. The first-order valence-corrected chi connectivity index (χ1v) is 8.49. The molecule has 6 heteroatoms. The van der Waals surface area contributed by atoms with Crippen molar-refractivity contribution in [3.8, 4) is 11.5 Å². The molecule has 0 radical (unpaired) electrons. The molecule has 1 N–H and O–H groups in total. The Morgan fingerprint density at radius 3 is 2.46 bits per heavy atom. The highest BCUT2D eigenvalue weighted by Crippen LogP contribution is 2.18. The van der Waals surface area contributed by atoms with E-state index in [0.29, 0.717) is 13.2 Å². The van der Waals surface area contributed by atoms with Crippen molar-refractivity contribution in [1.29, 1.82) is 0 Å². The summed E-state index contributed by atoms with van der Waals surface area (Å²) in [6.07, 6.45) is 0.735. The maximum Gasteiger partial charge on any atom is 0.239 e. The van der Waals surface area contributed by atoms with Crippen LogP contribution in [-0.4, -0.2) is 44.2 Å². The van der Waals surface area contributed by atoms with Gasteiger partial charge in [-0.05, 0) is 41.8 Å². The van der Waals surface area contributed by atoms with Crippen molar-refractivity contribution in [3.05, 3.63) is 59.7 Å². The zero-order valence-corrected chi connectivity index (χ0v) is 15.9. The second-order valence-electron chi connectivity index (χ2n) is 6.19. The van der Waals surface area contributed by atoms with E-state index in [4.69, 9.17) is 9.47 Å². The zero-order chi connectivity index (χ0) is 17.6. The van der Waals surface area contributed by atoms with E-state index in [1.807, 2.05) is 43.4 Å². The van der Waals surface area contributed by atoms with Crippen LogP contribution in [0.25, 0.3) is 0 Å². The van der Waals surface area contributed by atoms with Gasteiger partial charge in [0.05, 0.1) is 19.7 Å². The lowest BCUT2D eigenvalue weighted by molar-refractivity contribution is -0.132. The summed E-state index contributed by atoms with van der Waals surface area (Å²) in [7, 11) is 3.45. The van der Waals surface area contributed by atoms with Crippen molar-refractivity contribution in [3.63, 3.8) is 0 Å². The third-order valence-electron chi connectivity index (χ3n) is 4.51. The summed E-state index contributed by atoms with van der Waals surface area (Å²) in [5, 5.41) is 3.33. The van der Waals surface area contributed by atoms with Crippen molar-refractivity contribution >= 4 is 18.3 Å². The molecule has 0 aliphatic carbocycles. The average Bonchev–Trinajstić information content (AvgIpc) is 2.67. The van der Waals surface area contributed by atoms with Crippen LogP contribution in [0.1, 0.15) is 11.1 Å². The molecule has 1 heterocycles. The SMILES string of the molecule is COc1ccc(OCCN(C)C(=O)C2Cc3ccccc3CN2)cc1.Cl. The zero-order valence-electron chi connectivity index (χ0n) is 15.1. The number of methoxy groups -OCH3 is 1. The predicted molar refractivity (Wildman–Crippen MR) is 104 cm³/mol. The lowest BCUT2D eigenvalue weighted by atomic mass is 9.95. The van der Waals surface area contributed by atoms with Crippen molar-refractivity contribution in [1.82, 2.24) is 10.2 Å². The van der Waals surface area contributed by atoms with Crippen LogP contribution >= 0.6 is 12.4 Å². The Morgan fingerprint density at radius 2 is 1.77 bits per heavy atom. The van der Waals surface area contributed by atoms with Gasteiger partial charge in [-0.15, -0.1) is 12.4 Å². The Hall–Kier alpha value is -2.24. The number of ether oxygens (including phenoxy) is 2. The van der Waals surface area contributed by atoms with E-state index >= 15 is 0 Å². The maximum absolute atomic E-state index is 12.6. The normalized spacial score (nSPS) is 15.4. The fourth-order valence-electron chi connectivity index (χ4n) is 2.98. The van der Waals surface area contributed by atoms with E-state index in [2.05, 4.69) is 17.4 Å². The molecule has 140 valence electrons. The lowest BCUT2D eigenvalue weighted by Crippen LogP contribution is -2.49. The topological polar surface area (TPSA) is 50.8 Å². The summed E-state index contributed by atoms with van der Waals surface area (Å²) in [6, 6.07) is 15.5. The van der Waals surface area contributed by atoms with Crippen LogP contribution in [0.2, 0.25) is 0 Å². The van der Waals surface area contributed by atoms with Gasteiger partial charge in [-0.2, -0.15) is 0 Å². The number of hydrogen-bond donors (Lipinski definition) is 1. The van der Waals surface area contributed by atoms with Gasteiger partial charge in [0.1, 0.15) is 18.1 Å². The van der Waals surface area contributed by atoms with Gasteiger partial charge < -0.3 is 19.7 Å². The highest BCUT2D eigenvalue weighted by atomic mass is 35.5. The Kier molecular flexibility index (Phi) is 7.30. The molecule has 1 aliphatic heterocycles. The van der Waals surface area contributed by atoms with E-state index in [1.165, 1.54) is 11.1 Å². The van der Waals surface area contributed by atoms with Crippen LogP contribution in [0.5, 0.6) is 11.5 Å². The Labute approximate surface area is 160 Å². The number of fused-ring (bicyclic) bond motifs is 1. The van der Waals surface area contributed by atoms with Gasteiger partial charge in [-0.25, -0.2) is 0 Å². The van der Waals surface area contributed by atoms with E-state index in [-0.39, 0.29) is 24.4 Å². The van der Waals surface area contributed by atoms with Gasteiger partial charge >= 0.3 is 0 Å². The van der Waals surface area contributed by atoms with Gasteiger partial charge in [0.2, 0.25) is 5.91 Å². The molecule has 0 bridgehead atoms. The second-order valence-corrected chi connectivity index (χ2v) is 6.19. The second kappa shape index (κ2) is 9.46. The van der Waals surface area contributed by atoms with Crippen LogP contribution in [0, 0.1) is 0 Å². The molecule has 5 nitrogen and oxygen atoms in total. The summed E-state index contributed by atoms with van der Waals surface area (Å²) in [6.45, 7) is 1.74. The Balaban J connectivity index is 0.00000243. The molecule has 0 aromatic heterocycles. The molecular weight excluding hydrogens is 352 g/mol. The number of nitrogens with zero attached hydrogens (tertiary/aromatic N) is 1. The molecule has 1 aliphatic rings. The highest BCUT2D eigenvalue weighted by Gasteiger charge is 2.26. The molecule has 0 spiro atoms. The van der Waals surface area contributed by atoms with E-state index < -0.39 is 0 Å². The number of halogens is 1. The monoisotopic (exact) mass is 376 g/mol. The summed E-state index contributed by atoms with van der Waals surface area (Å²) in [5.74, 6) is 1.67. The molecule has 26 heavy (non-hydrogen) atoms. The molecular formula is C20H25ClN2O3. The molecule has 2 aromatic rings. The minimum absolute atomic E-state index is 0. The summed E-state index contributed by atoms with van der Waals surface area (Å²) < 4.78 is 10.8. The lowest BCUT2D eigenvalue weighted by Gasteiger charge is -2.29. The van der Waals surface area contributed by atoms with Crippen molar-refractivity contribution in [2.45, 2.75) is 19.0 Å². The first-order chi connectivity index (χ1) is 12.2. The molecule has 2 aromatic carbocycles. The number of benzene rings is 2. The molecule has 1 atom stereocenters. The van der Waals surface area contributed by atoms with E-state index in [9.17, 15) is 4.79 Å². The molecule has 1 amide bonds. The Morgan fingerprint density at radius 1 is 1.12 bits per heavy atom. The fourth-order valence-corrected chi connectivity index (χ4v) is 2.98. The minimum Gasteiger partial charge on any atom is -0.497 e. The number of rotatable bonds is 6. The van der Waals surface area contributed by atoms with Crippen LogP contribution in [0.4, 0.5) is 0 Å². The van der Waals surface area contributed by atoms with E-state index in [0.717, 1.165) is 24.5 Å². The van der Waals surface area contributed by atoms with Gasteiger partial charge in [0.25, 0.3) is 0 Å². The summed E-state index contributed by atoms with van der Waals surface area (Å²) in [4.78, 5) is 14.4. The number of nitrogens with one attached hydrogen (secondary N) is 1. The molecule has 0 saturated carbocycles. The van der Waals surface area contributed by atoms with Crippen LogP contribution in [0.3, 0.4) is 0 Å². The third kappa shape index (κ3) is 4.90. The number of hydrogen-bond acceptors (Lipinski definition) is 4. The largest absolute Gasteiger partial charge is 0.497 e. The average molecular weight is 377 g/mol. The summed E-state index contributed by atoms with van der Waals surface area (Å²) >= 11 is 0. The van der Waals surface area contributed by atoms with Crippen LogP contribution in [0.15, 0.2) is 48.5 Å². The Bertz CT molecular complexity index is 721.